The number of carboxylic acid groups (broad SMARTS) is 1. The summed E-state index contributed by atoms with van der Waals surface area (Å²) in [6, 6.07) is -0.526. The smallest absolute Gasteiger partial charge is 0.407 e. The minimum atomic E-state index is -1.05. The number of aliphatic carboxylic acids is 1. The highest BCUT2D eigenvalue weighted by Crippen LogP contribution is 2.08. The molecule has 0 aromatic heterocycles. The molecule has 0 spiro atoms. The molecule has 162 valence electrons. The highest BCUT2D eigenvalue weighted by molar-refractivity contribution is 5.80. The van der Waals surface area contributed by atoms with Crippen LogP contribution in [0.25, 0.3) is 0 Å². The van der Waals surface area contributed by atoms with Crippen LogP contribution < -0.4 is 16.0 Å². The molecule has 3 amide bonds. The zero-order valence-electron chi connectivity index (χ0n) is 17.5. The van der Waals surface area contributed by atoms with E-state index in [0.29, 0.717) is 6.42 Å². The van der Waals surface area contributed by atoms with Crippen LogP contribution in [0, 0.1) is 0 Å². The van der Waals surface area contributed by atoms with Crippen molar-refractivity contribution in [3.63, 3.8) is 0 Å². The third-order valence-corrected chi connectivity index (χ3v) is 2.99. The largest absolute Gasteiger partial charge is 0.481 e. The summed E-state index contributed by atoms with van der Waals surface area (Å²) in [6.45, 7) is 10.6. The van der Waals surface area contributed by atoms with Gasteiger partial charge in [0.25, 0.3) is 0 Å². The Morgan fingerprint density at radius 2 is 1.39 bits per heavy atom. The Morgan fingerprint density at radius 1 is 0.857 bits per heavy atom. The number of carbonyl (C=O) groups excluding carboxylic acids is 3. The highest BCUT2D eigenvalue weighted by atomic mass is 16.6. The number of hydrogen-bond acceptors (Lipinski definition) is 6. The summed E-state index contributed by atoms with van der Waals surface area (Å²) in [5.41, 5.74) is -1.34. The van der Waals surface area contributed by atoms with Gasteiger partial charge in [0.15, 0.2) is 0 Å². The van der Waals surface area contributed by atoms with E-state index in [-0.39, 0.29) is 25.9 Å². The summed E-state index contributed by atoms with van der Waals surface area (Å²) in [5.74, 6) is -1.46. The van der Waals surface area contributed by atoms with E-state index < -0.39 is 41.3 Å². The van der Waals surface area contributed by atoms with E-state index in [2.05, 4.69) is 16.0 Å². The number of hydrogen-bond donors (Lipinski definition) is 4. The molecule has 4 N–H and O–H groups in total. The SMILES string of the molecule is CC(C)(C)OC(=O)NC[C@H](CCNC(=O)CCC(=O)O)NC(=O)OC(C)(C)C. The van der Waals surface area contributed by atoms with Crippen LogP contribution in [0.5, 0.6) is 0 Å². The normalized spacial score (nSPS) is 12.5. The first kappa shape index (κ1) is 25.5. The average Bonchev–Trinajstić information content (AvgIpc) is 2.46. The molecule has 0 heterocycles. The monoisotopic (exact) mass is 403 g/mol. The van der Waals surface area contributed by atoms with Crippen LogP contribution in [0.1, 0.15) is 60.8 Å². The molecule has 0 fully saturated rings. The van der Waals surface area contributed by atoms with Crippen LogP contribution in [0.4, 0.5) is 9.59 Å². The lowest BCUT2D eigenvalue weighted by Gasteiger charge is -2.25. The van der Waals surface area contributed by atoms with E-state index >= 15 is 0 Å². The zero-order chi connectivity index (χ0) is 22.0. The average molecular weight is 403 g/mol. The zero-order valence-corrected chi connectivity index (χ0v) is 17.5. The molecule has 0 aliphatic heterocycles. The Kier molecular flexibility index (Phi) is 10.3. The first-order chi connectivity index (χ1) is 12.7. The van der Waals surface area contributed by atoms with E-state index in [9.17, 15) is 19.2 Å². The fraction of sp³-hybridized carbons (Fsp3) is 0.778. The molecule has 0 aliphatic carbocycles. The Labute approximate surface area is 165 Å². The summed E-state index contributed by atoms with van der Waals surface area (Å²) in [7, 11) is 0. The number of alkyl carbamates (subject to hydrolysis) is 2. The van der Waals surface area contributed by atoms with Crippen molar-refractivity contribution in [1.82, 2.24) is 16.0 Å². The van der Waals surface area contributed by atoms with Gasteiger partial charge in [0, 0.05) is 19.5 Å². The second kappa shape index (κ2) is 11.4. The van der Waals surface area contributed by atoms with E-state index in [1.54, 1.807) is 41.5 Å². The van der Waals surface area contributed by atoms with Crippen molar-refractivity contribution < 1.29 is 33.8 Å². The molecule has 1 atom stereocenters. The fourth-order valence-corrected chi connectivity index (χ4v) is 1.91. The van der Waals surface area contributed by atoms with Crippen LogP contribution in [0.15, 0.2) is 0 Å². The third kappa shape index (κ3) is 15.7. The van der Waals surface area contributed by atoms with Gasteiger partial charge in [-0.1, -0.05) is 0 Å². The third-order valence-electron chi connectivity index (χ3n) is 2.99. The molecule has 10 nitrogen and oxygen atoms in total. The number of rotatable bonds is 9. The summed E-state index contributed by atoms with van der Waals surface area (Å²) >= 11 is 0. The van der Waals surface area contributed by atoms with Crippen LogP contribution in [-0.2, 0) is 19.1 Å². The first-order valence-electron chi connectivity index (χ1n) is 9.13. The van der Waals surface area contributed by atoms with Crippen LogP contribution in [0.3, 0.4) is 0 Å². The van der Waals surface area contributed by atoms with Crippen molar-refractivity contribution in [1.29, 1.82) is 0 Å². The van der Waals surface area contributed by atoms with Gasteiger partial charge in [0.05, 0.1) is 12.5 Å². The minimum Gasteiger partial charge on any atom is -0.481 e. The molecule has 0 saturated heterocycles. The van der Waals surface area contributed by atoms with Crippen LogP contribution >= 0.6 is 0 Å². The van der Waals surface area contributed by atoms with Crippen molar-refractivity contribution in [3.05, 3.63) is 0 Å². The predicted molar refractivity (Wildman–Crippen MR) is 102 cm³/mol. The minimum absolute atomic E-state index is 0.0686. The van der Waals surface area contributed by atoms with Crippen molar-refractivity contribution in [2.75, 3.05) is 13.1 Å². The van der Waals surface area contributed by atoms with E-state index in [1.165, 1.54) is 0 Å². The second-order valence-electron chi connectivity index (χ2n) is 8.26. The van der Waals surface area contributed by atoms with Gasteiger partial charge in [-0.15, -0.1) is 0 Å². The number of carboxylic acids is 1. The molecule has 0 rings (SSSR count). The lowest BCUT2D eigenvalue weighted by atomic mass is 10.2. The molecular weight excluding hydrogens is 370 g/mol. The van der Waals surface area contributed by atoms with Crippen LogP contribution in [-0.4, -0.2) is 59.5 Å². The van der Waals surface area contributed by atoms with Gasteiger partial charge in [0.1, 0.15) is 11.2 Å². The van der Waals surface area contributed by atoms with Gasteiger partial charge in [-0.2, -0.15) is 0 Å². The number of amides is 3. The number of ether oxygens (including phenoxy) is 2. The van der Waals surface area contributed by atoms with E-state index in [0.717, 1.165) is 0 Å². The molecule has 0 saturated carbocycles. The van der Waals surface area contributed by atoms with Gasteiger partial charge in [-0.3, -0.25) is 9.59 Å². The van der Waals surface area contributed by atoms with Crippen LogP contribution in [0.2, 0.25) is 0 Å². The summed E-state index contributed by atoms with van der Waals surface area (Å²) in [5, 5.41) is 16.4. The number of nitrogens with one attached hydrogen (secondary N) is 3. The van der Waals surface area contributed by atoms with Gasteiger partial charge >= 0.3 is 18.2 Å². The molecule has 0 aromatic carbocycles. The van der Waals surface area contributed by atoms with E-state index in [1.807, 2.05) is 0 Å². The maximum absolute atomic E-state index is 12.0. The predicted octanol–water partition coefficient (Wildman–Crippen LogP) is 1.78. The molecule has 28 heavy (non-hydrogen) atoms. The highest BCUT2D eigenvalue weighted by Gasteiger charge is 2.21. The molecule has 0 aromatic rings. The van der Waals surface area contributed by atoms with Crippen molar-refractivity contribution in [2.45, 2.75) is 78.0 Å². The Bertz CT molecular complexity index is 550. The van der Waals surface area contributed by atoms with Gasteiger partial charge in [0.2, 0.25) is 5.91 Å². The number of carbonyl (C=O) groups is 4. The summed E-state index contributed by atoms with van der Waals surface area (Å²) < 4.78 is 10.4. The molecule has 10 heteroatoms. The molecule has 0 bridgehead atoms. The first-order valence-corrected chi connectivity index (χ1v) is 9.13. The Morgan fingerprint density at radius 3 is 1.89 bits per heavy atom. The van der Waals surface area contributed by atoms with Crippen molar-refractivity contribution >= 4 is 24.1 Å². The Balaban J connectivity index is 4.62. The second-order valence-corrected chi connectivity index (χ2v) is 8.26. The quantitative estimate of drug-likeness (QED) is 0.459. The van der Waals surface area contributed by atoms with Crippen molar-refractivity contribution in [2.24, 2.45) is 0 Å². The molecule has 0 radical (unpaired) electrons. The van der Waals surface area contributed by atoms with E-state index in [4.69, 9.17) is 14.6 Å². The molecular formula is C18H33N3O7. The topological polar surface area (TPSA) is 143 Å². The van der Waals surface area contributed by atoms with Crippen molar-refractivity contribution in [3.8, 4) is 0 Å². The lowest BCUT2D eigenvalue weighted by Crippen LogP contribution is -2.47. The molecule has 0 unspecified atom stereocenters. The summed E-state index contributed by atoms with van der Waals surface area (Å²) in [6.07, 6.45) is -1.37. The van der Waals surface area contributed by atoms with Gasteiger partial charge in [-0.05, 0) is 48.0 Å². The molecule has 0 aliphatic rings. The Hall–Kier alpha value is -2.52. The van der Waals surface area contributed by atoms with Gasteiger partial charge < -0.3 is 30.5 Å². The lowest BCUT2D eigenvalue weighted by molar-refractivity contribution is -0.138. The standard InChI is InChI=1S/C18H33N3O7/c1-17(2,3)27-15(25)20-11-12(21-16(26)28-18(4,5)6)9-10-19-13(22)7-8-14(23)24/h12H,7-11H2,1-6H3,(H,19,22)(H,20,25)(H,21,26)(H,23,24)/t12-/m0/s1. The fourth-order valence-electron chi connectivity index (χ4n) is 1.91. The van der Waals surface area contributed by atoms with Gasteiger partial charge in [-0.25, -0.2) is 9.59 Å². The summed E-state index contributed by atoms with van der Waals surface area (Å²) in [4.78, 5) is 45.9. The maximum atomic E-state index is 12.0. The maximum Gasteiger partial charge on any atom is 0.407 e.